The molecule has 0 bridgehead atoms. The van der Waals surface area contributed by atoms with Crippen LogP contribution < -0.4 is 5.56 Å². The largest absolute Gasteiger partial charge is 0.463 e. The van der Waals surface area contributed by atoms with Crippen LogP contribution in [-0.2, 0) is 0 Å². The van der Waals surface area contributed by atoms with Crippen LogP contribution in [0.1, 0.15) is 28.9 Å². The Bertz CT molecular complexity index is 1160. The van der Waals surface area contributed by atoms with Gasteiger partial charge in [0, 0.05) is 7.05 Å². The molecule has 29 heavy (non-hydrogen) atoms. The van der Waals surface area contributed by atoms with Crippen molar-refractivity contribution in [2.24, 2.45) is 0 Å². The van der Waals surface area contributed by atoms with E-state index in [-0.39, 0.29) is 17.5 Å². The summed E-state index contributed by atoms with van der Waals surface area (Å²) < 4.78 is 6.94. The molecule has 0 aliphatic heterocycles. The number of aromatic amines is 1. The van der Waals surface area contributed by atoms with E-state index in [9.17, 15) is 9.59 Å². The molecule has 1 unspecified atom stereocenters. The molecule has 8 heteroatoms. The van der Waals surface area contributed by atoms with Gasteiger partial charge in [-0.3, -0.25) is 9.59 Å². The molecule has 146 valence electrons. The Labute approximate surface area is 166 Å². The fourth-order valence-electron chi connectivity index (χ4n) is 3.05. The Morgan fingerprint density at radius 1 is 1.17 bits per heavy atom. The molecule has 4 aromatic rings. The summed E-state index contributed by atoms with van der Waals surface area (Å²) in [5.41, 5.74) is 1.96. The van der Waals surface area contributed by atoms with Gasteiger partial charge in [-0.1, -0.05) is 12.1 Å². The number of nitrogens with one attached hydrogen (secondary N) is 1. The highest BCUT2D eigenvalue weighted by Gasteiger charge is 2.22. The Morgan fingerprint density at radius 3 is 2.59 bits per heavy atom. The lowest BCUT2D eigenvalue weighted by Gasteiger charge is -2.25. The predicted molar refractivity (Wildman–Crippen MR) is 107 cm³/mol. The number of hydrogen-bond acceptors (Lipinski definition) is 5. The van der Waals surface area contributed by atoms with Crippen molar-refractivity contribution in [2.45, 2.75) is 13.0 Å². The first kappa shape index (κ1) is 18.4. The maximum Gasteiger partial charge on any atom is 0.261 e. The monoisotopic (exact) mass is 389 g/mol. The van der Waals surface area contributed by atoms with Crippen molar-refractivity contribution < 1.29 is 9.21 Å². The second-order valence-electron chi connectivity index (χ2n) is 6.62. The average Bonchev–Trinajstić information content (AvgIpc) is 3.46. The van der Waals surface area contributed by atoms with Gasteiger partial charge < -0.3 is 14.3 Å². The minimum absolute atomic E-state index is 0.0777. The smallest absolute Gasteiger partial charge is 0.261 e. The van der Waals surface area contributed by atoms with E-state index >= 15 is 0 Å². The molecule has 1 atom stereocenters. The van der Waals surface area contributed by atoms with Gasteiger partial charge in [-0.2, -0.15) is 5.10 Å². The van der Waals surface area contributed by atoms with Crippen molar-refractivity contribution in [3.05, 3.63) is 88.9 Å². The molecule has 1 amide bonds. The molecule has 0 saturated carbocycles. The number of furan rings is 1. The fraction of sp³-hybridized carbons (Fsp3) is 0.143. The van der Waals surface area contributed by atoms with Crippen molar-refractivity contribution in [2.75, 3.05) is 7.05 Å². The van der Waals surface area contributed by atoms with Gasteiger partial charge in [0.25, 0.3) is 11.5 Å². The van der Waals surface area contributed by atoms with Crippen molar-refractivity contribution in [3.63, 3.8) is 0 Å². The van der Waals surface area contributed by atoms with Crippen molar-refractivity contribution in [1.29, 1.82) is 0 Å². The second kappa shape index (κ2) is 7.59. The van der Waals surface area contributed by atoms with Crippen LogP contribution in [0, 0.1) is 0 Å². The first-order chi connectivity index (χ1) is 14.0. The minimum atomic E-state index is -0.454. The van der Waals surface area contributed by atoms with Gasteiger partial charge in [0.05, 0.1) is 23.7 Å². The third-order valence-corrected chi connectivity index (χ3v) is 4.89. The van der Waals surface area contributed by atoms with Crippen LogP contribution in [0.4, 0.5) is 0 Å². The number of rotatable bonds is 5. The van der Waals surface area contributed by atoms with Crippen LogP contribution in [-0.4, -0.2) is 37.6 Å². The molecule has 8 nitrogen and oxygen atoms in total. The van der Waals surface area contributed by atoms with Gasteiger partial charge in [-0.15, -0.1) is 0 Å². The Morgan fingerprint density at radius 2 is 1.97 bits per heavy atom. The van der Waals surface area contributed by atoms with Gasteiger partial charge in [-0.05, 0) is 48.9 Å². The van der Waals surface area contributed by atoms with Crippen molar-refractivity contribution >= 4 is 5.91 Å². The quantitative estimate of drug-likeness (QED) is 0.566. The highest BCUT2D eigenvalue weighted by atomic mass is 16.3. The van der Waals surface area contributed by atoms with Crippen molar-refractivity contribution in [1.82, 2.24) is 24.6 Å². The van der Waals surface area contributed by atoms with E-state index in [0.717, 1.165) is 11.3 Å². The topological polar surface area (TPSA) is 97.0 Å². The number of carbonyl (C=O) groups excluding carboxylic acids is 1. The highest BCUT2D eigenvalue weighted by molar-refractivity contribution is 5.94. The molecule has 0 aliphatic carbocycles. The zero-order chi connectivity index (χ0) is 20.4. The number of pyridine rings is 1. The Hall–Kier alpha value is -3.94. The first-order valence-corrected chi connectivity index (χ1v) is 9.04. The molecule has 0 spiro atoms. The van der Waals surface area contributed by atoms with E-state index in [4.69, 9.17) is 4.42 Å². The zero-order valence-corrected chi connectivity index (χ0v) is 15.9. The van der Waals surface area contributed by atoms with Gasteiger partial charge in [0.15, 0.2) is 0 Å². The average molecular weight is 389 g/mol. The summed E-state index contributed by atoms with van der Waals surface area (Å²) in [4.78, 5) is 33.5. The molecule has 1 N–H and O–H groups in total. The van der Waals surface area contributed by atoms with E-state index in [1.807, 2.05) is 31.2 Å². The number of benzene rings is 1. The lowest BCUT2D eigenvalue weighted by atomic mass is 10.1. The molecule has 3 aromatic heterocycles. The summed E-state index contributed by atoms with van der Waals surface area (Å²) in [6, 6.07) is 14.1. The third kappa shape index (κ3) is 3.60. The highest BCUT2D eigenvalue weighted by Crippen LogP contribution is 2.22. The normalized spacial score (nSPS) is 11.9. The molecule has 0 aliphatic rings. The number of amides is 1. The van der Waals surface area contributed by atoms with Crippen molar-refractivity contribution in [3.8, 4) is 17.1 Å². The van der Waals surface area contributed by atoms with Crippen LogP contribution in [0.3, 0.4) is 0 Å². The zero-order valence-electron chi connectivity index (χ0n) is 15.9. The summed E-state index contributed by atoms with van der Waals surface area (Å²) in [5.74, 6) is 0.181. The Kier molecular flexibility index (Phi) is 4.82. The standard InChI is InChI=1S/C21H19N5O3/c1-14(15-5-7-16(8-6-15)26-13-22-12-23-26)25(2)21(28)17-9-10-18(24-20(17)27)19-4-3-11-29-19/h3-14H,1-2H3,(H,24,27). The number of nitrogens with zero attached hydrogens (tertiary/aromatic N) is 4. The molecule has 4 rings (SSSR count). The number of carbonyl (C=O) groups is 1. The minimum Gasteiger partial charge on any atom is -0.463 e. The fourth-order valence-corrected chi connectivity index (χ4v) is 3.05. The second-order valence-corrected chi connectivity index (χ2v) is 6.62. The van der Waals surface area contributed by atoms with Crippen LogP contribution >= 0.6 is 0 Å². The molecule has 0 fully saturated rings. The lowest BCUT2D eigenvalue weighted by Crippen LogP contribution is -2.33. The van der Waals surface area contributed by atoms with Crippen LogP contribution in [0.5, 0.6) is 0 Å². The van der Waals surface area contributed by atoms with Gasteiger partial charge >= 0.3 is 0 Å². The van der Waals surface area contributed by atoms with Crippen LogP contribution in [0.25, 0.3) is 17.1 Å². The van der Waals surface area contributed by atoms with Gasteiger partial charge in [-0.25, -0.2) is 9.67 Å². The maximum atomic E-state index is 12.9. The SMILES string of the molecule is CC(c1ccc(-n2cncn2)cc1)N(C)C(=O)c1ccc(-c2ccco2)[nH]c1=O. The summed E-state index contributed by atoms with van der Waals surface area (Å²) in [6.07, 6.45) is 4.61. The first-order valence-electron chi connectivity index (χ1n) is 9.04. The molecular formula is C21H19N5O3. The van der Waals surface area contributed by atoms with Crippen LogP contribution in [0.15, 0.2) is 76.7 Å². The summed E-state index contributed by atoms with van der Waals surface area (Å²) in [5, 5.41) is 4.10. The number of H-pyrrole nitrogens is 1. The Balaban J connectivity index is 1.53. The summed E-state index contributed by atoms with van der Waals surface area (Å²) in [6.45, 7) is 1.91. The lowest BCUT2D eigenvalue weighted by molar-refractivity contribution is 0.0741. The van der Waals surface area contributed by atoms with E-state index in [0.29, 0.717) is 11.5 Å². The van der Waals surface area contributed by atoms with E-state index in [1.165, 1.54) is 18.7 Å². The molecule has 3 heterocycles. The van der Waals surface area contributed by atoms with E-state index in [2.05, 4.69) is 15.1 Å². The number of aromatic nitrogens is 4. The summed E-state index contributed by atoms with van der Waals surface area (Å²) in [7, 11) is 1.68. The molecule has 0 saturated heterocycles. The summed E-state index contributed by atoms with van der Waals surface area (Å²) >= 11 is 0. The molecule has 0 radical (unpaired) electrons. The maximum absolute atomic E-state index is 12.9. The number of hydrogen-bond donors (Lipinski definition) is 1. The third-order valence-electron chi connectivity index (χ3n) is 4.89. The van der Waals surface area contributed by atoms with E-state index < -0.39 is 5.56 Å². The van der Waals surface area contributed by atoms with Crippen LogP contribution in [0.2, 0.25) is 0 Å². The molecule has 1 aromatic carbocycles. The van der Waals surface area contributed by atoms with Gasteiger partial charge in [0.1, 0.15) is 24.0 Å². The predicted octanol–water partition coefficient (Wildman–Crippen LogP) is 3.05. The van der Waals surface area contributed by atoms with Gasteiger partial charge in [0.2, 0.25) is 0 Å². The van der Waals surface area contributed by atoms with E-state index in [1.54, 1.807) is 41.2 Å². The molecular weight excluding hydrogens is 370 g/mol.